The Hall–Kier alpha value is -3.17. The van der Waals surface area contributed by atoms with Crippen molar-refractivity contribution in [3.63, 3.8) is 0 Å². The number of hydrogen-bond donors (Lipinski definition) is 1. The molecule has 3 aromatic rings. The van der Waals surface area contributed by atoms with E-state index in [1.807, 2.05) is 4.57 Å². The minimum atomic E-state index is -4.77. The molecule has 1 aromatic carbocycles. The zero-order valence-corrected chi connectivity index (χ0v) is 14.8. The molecule has 1 aliphatic carbocycles. The van der Waals surface area contributed by atoms with Crippen molar-refractivity contribution in [3.05, 3.63) is 47.8 Å². The van der Waals surface area contributed by atoms with Gasteiger partial charge in [0.2, 0.25) is 0 Å². The quantitative estimate of drug-likeness (QED) is 0.722. The number of aryl methyl sites for hydroxylation is 1. The molecule has 0 aliphatic heterocycles. The van der Waals surface area contributed by atoms with E-state index in [2.05, 4.69) is 25.0 Å². The van der Waals surface area contributed by atoms with Crippen LogP contribution in [0.1, 0.15) is 40.9 Å². The van der Waals surface area contributed by atoms with Gasteiger partial charge >= 0.3 is 6.36 Å². The molecule has 1 saturated carbocycles. The molecule has 28 heavy (non-hydrogen) atoms. The van der Waals surface area contributed by atoms with E-state index in [1.165, 1.54) is 24.5 Å². The monoisotopic (exact) mass is 391 g/mol. The molecule has 7 nitrogen and oxygen atoms in total. The highest BCUT2D eigenvalue weighted by Gasteiger charge is 2.32. The number of imidazole rings is 1. The van der Waals surface area contributed by atoms with Crippen molar-refractivity contribution in [2.45, 2.75) is 38.7 Å². The predicted octanol–water partition coefficient (Wildman–Crippen LogP) is 3.30. The van der Waals surface area contributed by atoms with Gasteiger partial charge in [-0.25, -0.2) is 9.97 Å². The first-order chi connectivity index (χ1) is 13.3. The molecule has 0 bridgehead atoms. The van der Waals surface area contributed by atoms with Crippen molar-refractivity contribution in [2.24, 2.45) is 0 Å². The van der Waals surface area contributed by atoms with Crippen LogP contribution in [0.5, 0.6) is 5.75 Å². The Kier molecular flexibility index (Phi) is 4.40. The number of rotatable bonds is 5. The molecule has 4 rings (SSSR count). The number of aromatic nitrogens is 4. The number of alkyl halides is 3. The average Bonchev–Trinajstić information content (AvgIpc) is 3.39. The number of carbonyl (C=O) groups excluding carboxylic acids is 1. The Morgan fingerprint density at radius 2 is 2.07 bits per heavy atom. The number of halogens is 3. The first-order valence-electron chi connectivity index (χ1n) is 8.63. The topological polar surface area (TPSA) is 81.9 Å². The summed E-state index contributed by atoms with van der Waals surface area (Å²) in [6.45, 7) is 1.89. The molecule has 1 aliphatic rings. The molecule has 2 heterocycles. The summed E-state index contributed by atoms with van der Waals surface area (Å²) in [5.74, 6) is -0.163. The third kappa shape index (κ3) is 3.90. The smallest absolute Gasteiger partial charge is 0.406 e. The van der Waals surface area contributed by atoms with Gasteiger partial charge in [-0.05, 0) is 31.9 Å². The largest absolute Gasteiger partial charge is 0.573 e. The van der Waals surface area contributed by atoms with E-state index in [9.17, 15) is 18.0 Å². The second-order valence-electron chi connectivity index (χ2n) is 6.55. The third-order valence-corrected chi connectivity index (χ3v) is 4.30. The van der Waals surface area contributed by atoms with Crippen molar-refractivity contribution in [1.82, 2.24) is 24.8 Å². The second-order valence-corrected chi connectivity index (χ2v) is 6.55. The lowest BCUT2D eigenvalue weighted by molar-refractivity contribution is -0.274. The summed E-state index contributed by atoms with van der Waals surface area (Å²) >= 11 is 0. The molecule has 1 fully saturated rings. The van der Waals surface area contributed by atoms with Crippen LogP contribution in [-0.4, -0.2) is 31.8 Å². The number of ether oxygens (including phenoxy) is 1. The Morgan fingerprint density at radius 3 is 2.71 bits per heavy atom. The van der Waals surface area contributed by atoms with Crippen LogP contribution < -0.4 is 10.1 Å². The van der Waals surface area contributed by atoms with Crippen LogP contribution in [-0.2, 0) is 6.54 Å². The van der Waals surface area contributed by atoms with Crippen molar-refractivity contribution >= 4 is 16.9 Å². The van der Waals surface area contributed by atoms with E-state index in [0.29, 0.717) is 22.6 Å². The van der Waals surface area contributed by atoms with E-state index in [1.54, 1.807) is 13.0 Å². The van der Waals surface area contributed by atoms with Crippen LogP contribution in [0.25, 0.3) is 11.0 Å². The Morgan fingerprint density at radius 1 is 1.29 bits per heavy atom. The molecule has 0 saturated heterocycles. The summed E-state index contributed by atoms with van der Waals surface area (Å²) in [5.41, 5.74) is 1.97. The number of fused-ring (bicyclic) bond motifs is 1. The molecule has 0 spiro atoms. The highest BCUT2D eigenvalue weighted by molar-refractivity contribution is 5.91. The number of nitrogens with one attached hydrogen (secondary N) is 1. The lowest BCUT2D eigenvalue weighted by Crippen LogP contribution is -2.25. The number of carbonyl (C=O) groups is 1. The molecule has 146 valence electrons. The van der Waals surface area contributed by atoms with Gasteiger partial charge in [0.05, 0.1) is 29.5 Å². The SMILES string of the molecule is Cc1cnc(C(=O)NCc2nc3cc(OC(F)(F)F)ccc3n2C2CC2)cn1. The first-order valence-corrected chi connectivity index (χ1v) is 8.63. The molecular formula is C18H16F3N5O2. The molecule has 1 amide bonds. The molecule has 1 N–H and O–H groups in total. The minimum Gasteiger partial charge on any atom is -0.406 e. The van der Waals surface area contributed by atoms with E-state index in [4.69, 9.17) is 0 Å². The summed E-state index contributed by atoms with van der Waals surface area (Å²) in [6.07, 6.45) is 0.0255. The molecular weight excluding hydrogens is 375 g/mol. The summed E-state index contributed by atoms with van der Waals surface area (Å²) < 4.78 is 43.3. The van der Waals surface area contributed by atoms with Crippen LogP contribution in [0.4, 0.5) is 13.2 Å². The molecule has 0 radical (unpaired) electrons. The van der Waals surface area contributed by atoms with Gasteiger partial charge in [-0.15, -0.1) is 13.2 Å². The third-order valence-electron chi connectivity index (χ3n) is 4.30. The average molecular weight is 391 g/mol. The van der Waals surface area contributed by atoms with Crippen LogP contribution in [0, 0.1) is 6.92 Å². The molecule has 10 heteroatoms. The summed E-state index contributed by atoms with van der Waals surface area (Å²) in [5, 5.41) is 2.74. The number of amides is 1. The summed E-state index contributed by atoms with van der Waals surface area (Å²) in [6, 6.07) is 4.29. The van der Waals surface area contributed by atoms with Crippen molar-refractivity contribution in [1.29, 1.82) is 0 Å². The molecule has 0 unspecified atom stereocenters. The first kappa shape index (κ1) is 18.2. The van der Waals surface area contributed by atoms with Gasteiger partial charge in [-0.2, -0.15) is 0 Å². The summed E-state index contributed by atoms with van der Waals surface area (Å²) in [7, 11) is 0. The lowest BCUT2D eigenvalue weighted by atomic mass is 10.3. The van der Waals surface area contributed by atoms with Crippen molar-refractivity contribution in [2.75, 3.05) is 0 Å². The van der Waals surface area contributed by atoms with Crippen molar-refractivity contribution in [3.8, 4) is 5.75 Å². The standard InChI is InChI=1S/C18H16F3N5O2/c1-10-7-23-14(8-22-10)17(27)24-9-16-25-13-6-12(28-18(19,20)21)4-5-15(13)26(16)11-2-3-11/h4-8,11H,2-3,9H2,1H3,(H,24,27). The van der Waals surface area contributed by atoms with Gasteiger partial charge in [-0.3, -0.25) is 9.78 Å². The van der Waals surface area contributed by atoms with Gasteiger partial charge in [-0.1, -0.05) is 0 Å². The lowest BCUT2D eigenvalue weighted by Gasteiger charge is -2.10. The summed E-state index contributed by atoms with van der Waals surface area (Å²) in [4.78, 5) is 24.7. The minimum absolute atomic E-state index is 0.120. The number of hydrogen-bond acceptors (Lipinski definition) is 5. The highest BCUT2D eigenvalue weighted by Crippen LogP contribution is 2.39. The van der Waals surface area contributed by atoms with E-state index < -0.39 is 12.3 Å². The van der Waals surface area contributed by atoms with Gasteiger partial charge in [0, 0.05) is 18.3 Å². The van der Waals surface area contributed by atoms with Gasteiger partial charge in [0.1, 0.15) is 17.3 Å². The fourth-order valence-electron chi connectivity index (χ4n) is 2.95. The normalized spacial score (nSPS) is 14.3. The van der Waals surface area contributed by atoms with Gasteiger partial charge in [0.25, 0.3) is 5.91 Å². The fourth-order valence-corrected chi connectivity index (χ4v) is 2.95. The zero-order chi connectivity index (χ0) is 19.9. The number of nitrogens with zero attached hydrogens (tertiary/aromatic N) is 4. The van der Waals surface area contributed by atoms with Gasteiger partial charge in [0.15, 0.2) is 0 Å². The second kappa shape index (κ2) is 6.77. The van der Waals surface area contributed by atoms with Crippen LogP contribution in [0.3, 0.4) is 0 Å². The van der Waals surface area contributed by atoms with Crippen LogP contribution in [0.2, 0.25) is 0 Å². The van der Waals surface area contributed by atoms with Gasteiger partial charge < -0.3 is 14.6 Å². The van der Waals surface area contributed by atoms with Crippen molar-refractivity contribution < 1.29 is 22.7 Å². The predicted molar refractivity (Wildman–Crippen MR) is 92.6 cm³/mol. The Labute approximate surface area is 157 Å². The number of benzene rings is 1. The maximum Gasteiger partial charge on any atom is 0.573 e. The van der Waals surface area contributed by atoms with Crippen LogP contribution >= 0.6 is 0 Å². The van der Waals surface area contributed by atoms with E-state index >= 15 is 0 Å². The maximum absolute atomic E-state index is 12.5. The fraction of sp³-hybridized carbons (Fsp3) is 0.333. The molecule has 0 atom stereocenters. The Balaban J connectivity index is 1.58. The van der Waals surface area contributed by atoms with E-state index in [-0.39, 0.29) is 24.0 Å². The zero-order valence-electron chi connectivity index (χ0n) is 14.8. The maximum atomic E-state index is 12.5. The van der Waals surface area contributed by atoms with E-state index in [0.717, 1.165) is 12.8 Å². The van der Waals surface area contributed by atoms with Crippen LogP contribution in [0.15, 0.2) is 30.6 Å². The highest BCUT2D eigenvalue weighted by atomic mass is 19.4. The Bertz CT molecular complexity index is 1030. The molecule has 2 aromatic heterocycles.